The monoisotopic (exact) mass is 287 g/mol. The number of carbonyl (C=O) groups excluding carboxylic acids is 1. The standard InChI is InChI=1S/C18H25NO2/c1-13-2-3-16(12-13)14-4-6-15(7-5-14)18(21)19-10-8-17(20)9-11-19/h4-7,13,16-17,20H,2-3,8-12H2,1H3. The van der Waals surface area contributed by atoms with E-state index in [1.165, 1.54) is 24.8 Å². The van der Waals surface area contributed by atoms with Gasteiger partial charge < -0.3 is 10.0 Å². The summed E-state index contributed by atoms with van der Waals surface area (Å²) in [5, 5.41) is 9.52. The van der Waals surface area contributed by atoms with Gasteiger partial charge in [-0.3, -0.25) is 4.79 Å². The Hall–Kier alpha value is -1.35. The van der Waals surface area contributed by atoms with E-state index < -0.39 is 0 Å². The lowest BCUT2D eigenvalue weighted by Crippen LogP contribution is -2.40. The molecule has 1 N–H and O–H groups in total. The normalized spacial score (nSPS) is 27.0. The molecular formula is C18H25NO2. The van der Waals surface area contributed by atoms with Crippen molar-refractivity contribution >= 4 is 5.91 Å². The van der Waals surface area contributed by atoms with Crippen molar-refractivity contribution in [3.8, 4) is 0 Å². The maximum absolute atomic E-state index is 12.4. The van der Waals surface area contributed by atoms with Crippen LogP contribution in [0.3, 0.4) is 0 Å². The van der Waals surface area contributed by atoms with E-state index in [-0.39, 0.29) is 12.0 Å². The smallest absolute Gasteiger partial charge is 0.253 e. The molecule has 1 aromatic carbocycles. The fraction of sp³-hybridized carbons (Fsp3) is 0.611. The first-order valence-electron chi connectivity index (χ1n) is 8.21. The van der Waals surface area contributed by atoms with E-state index in [0.29, 0.717) is 31.8 Å². The van der Waals surface area contributed by atoms with E-state index in [0.717, 1.165) is 11.5 Å². The summed E-state index contributed by atoms with van der Waals surface area (Å²) >= 11 is 0. The van der Waals surface area contributed by atoms with Gasteiger partial charge in [0, 0.05) is 18.7 Å². The Kier molecular flexibility index (Phi) is 4.29. The molecule has 2 unspecified atom stereocenters. The summed E-state index contributed by atoms with van der Waals surface area (Å²) in [5.41, 5.74) is 2.16. The lowest BCUT2D eigenvalue weighted by molar-refractivity contribution is 0.0546. The molecule has 2 aliphatic rings. The highest BCUT2D eigenvalue weighted by Gasteiger charge is 2.24. The van der Waals surface area contributed by atoms with E-state index in [9.17, 15) is 9.90 Å². The van der Waals surface area contributed by atoms with Crippen molar-refractivity contribution in [2.45, 2.75) is 51.0 Å². The number of piperidine rings is 1. The van der Waals surface area contributed by atoms with Crippen molar-refractivity contribution in [3.63, 3.8) is 0 Å². The molecule has 21 heavy (non-hydrogen) atoms. The Balaban J connectivity index is 1.65. The van der Waals surface area contributed by atoms with Crippen molar-refractivity contribution in [3.05, 3.63) is 35.4 Å². The van der Waals surface area contributed by atoms with Gasteiger partial charge in [-0.1, -0.05) is 25.5 Å². The molecule has 2 atom stereocenters. The molecule has 0 bridgehead atoms. The van der Waals surface area contributed by atoms with Gasteiger partial charge in [0.1, 0.15) is 0 Å². The molecule has 1 amide bonds. The molecule has 1 heterocycles. The van der Waals surface area contributed by atoms with Crippen LogP contribution in [0.1, 0.15) is 60.9 Å². The van der Waals surface area contributed by atoms with E-state index in [1.54, 1.807) is 0 Å². The SMILES string of the molecule is CC1CCC(c2ccc(C(=O)N3CCC(O)CC3)cc2)C1. The summed E-state index contributed by atoms with van der Waals surface area (Å²) < 4.78 is 0. The molecular weight excluding hydrogens is 262 g/mol. The van der Waals surface area contributed by atoms with Crippen LogP contribution in [-0.2, 0) is 0 Å². The molecule has 1 saturated carbocycles. The van der Waals surface area contributed by atoms with E-state index in [2.05, 4.69) is 19.1 Å². The number of aliphatic hydroxyl groups excluding tert-OH is 1. The lowest BCUT2D eigenvalue weighted by Gasteiger charge is -2.29. The predicted molar refractivity (Wildman–Crippen MR) is 83.3 cm³/mol. The van der Waals surface area contributed by atoms with Crippen molar-refractivity contribution in [1.29, 1.82) is 0 Å². The Morgan fingerprint density at radius 3 is 2.33 bits per heavy atom. The van der Waals surface area contributed by atoms with Gasteiger partial charge in [0.2, 0.25) is 0 Å². The van der Waals surface area contributed by atoms with Crippen molar-refractivity contribution in [1.82, 2.24) is 4.90 Å². The number of benzene rings is 1. The van der Waals surface area contributed by atoms with Crippen LogP contribution < -0.4 is 0 Å². The zero-order valence-electron chi connectivity index (χ0n) is 12.8. The van der Waals surface area contributed by atoms with Gasteiger partial charge in [0.25, 0.3) is 5.91 Å². The summed E-state index contributed by atoms with van der Waals surface area (Å²) in [6.45, 7) is 3.66. The van der Waals surface area contributed by atoms with Crippen LogP contribution >= 0.6 is 0 Å². The molecule has 114 valence electrons. The van der Waals surface area contributed by atoms with Crippen LogP contribution in [-0.4, -0.2) is 35.1 Å². The summed E-state index contributed by atoms with van der Waals surface area (Å²) in [7, 11) is 0. The number of hydrogen-bond acceptors (Lipinski definition) is 2. The second kappa shape index (κ2) is 6.18. The Morgan fingerprint density at radius 2 is 1.76 bits per heavy atom. The maximum Gasteiger partial charge on any atom is 0.253 e. The van der Waals surface area contributed by atoms with Crippen LogP contribution in [0.2, 0.25) is 0 Å². The minimum absolute atomic E-state index is 0.105. The zero-order valence-corrected chi connectivity index (χ0v) is 12.8. The van der Waals surface area contributed by atoms with Gasteiger partial charge in [0.15, 0.2) is 0 Å². The van der Waals surface area contributed by atoms with Crippen molar-refractivity contribution < 1.29 is 9.90 Å². The molecule has 3 nitrogen and oxygen atoms in total. The minimum atomic E-state index is -0.235. The molecule has 3 rings (SSSR count). The van der Waals surface area contributed by atoms with Crippen LogP contribution in [0, 0.1) is 5.92 Å². The average Bonchev–Trinajstić information content (AvgIpc) is 2.94. The van der Waals surface area contributed by atoms with Gasteiger partial charge in [0.05, 0.1) is 6.10 Å². The first-order valence-corrected chi connectivity index (χ1v) is 8.21. The molecule has 1 aliphatic carbocycles. The molecule has 2 fully saturated rings. The maximum atomic E-state index is 12.4. The van der Waals surface area contributed by atoms with Gasteiger partial charge in [-0.2, -0.15) is 0 Å². The molecule has 1 aliphatic heterocycles. The van der Waals surface area contributed by atoms with Crippen molar-refractivity contribution in [2.24, 2.45) is 5.92 Å². The zero-order chi connectivity index (χ0) is 14.8. The van der Waals surface area contributed by atoms with Crippen LogP contribution in [0.15, 0.2) is 24.3 Å². The fourth-order valence-corrected chi connectivity index (χ4v) is 3.66. The first-order chi connectivity index (χ1) is 10.1. The third-order valence-corrected chi connectivity index (χ3v) is 5.08. The number of rotatable bonds is 2. The van der Waals surface area contributed by atoms with Crippen molar-refractivity contribution in [2.75, 3.05) is 13.1 Å². The molecule has 1 aromatic rings. The summed E-state index contributed by atoms with van der Waals surface area (Å²) in [4.78, 5) is 14.3. The Bertz CT molecular complexity index is 488. The van der Waals surface area contributed by atoms with Gasteiger partial charge in [-0.15, -0.1) is 0 Å². The molecule has 0 spiro atoms. The predicted octanol–water partition coefficient (Wildman–Crippen LogP) is 3.19. The molecule has 0 aromatic heterocycles. The van der Waals surface area contributed by atoms with Gasteiger partial charge in [-0.25, -0.2) is 0 Å². The van der Waals surface area contributed by atoms with E-state index in [1.807, 2.05) is 17.0 Å². The minimum Gasteiger partial charge on any atom is -0.393 e. The number of nitrogens with zero attached hydrogens (tertiary/aromatic N) is 1. The van der Waals surface area contributed by atoms with E-state index >= 15 is 0 Å². The quantitative estimate of drug-likeness (QED) is 0.907. The van der Waals surface area contributed by atoms with Gasteiger partial charge in [-0.05, 0) is 55.2 Å². The largest absolute Gasteiger partial charge is 0.393 e. The first kappa shape index (κ1) is 14.6. The number of carbonyl (C=O) groups is 1. The van der Waals surface area contributed by atoms with Crippen LogP contribution in [0.4, 0.5) is 0 Å². The molecule has 0 radical (unpaired) electrons. The van der Waals surface area contributed by atoms with Crippen LogP contribution in [0.5, 0.6) is 0 Å². The topological polar surface area (TPSA) is 40.5 Å². The van der Waals surface area contributed by atoms with Crippen LogP contribution in [0.25, 0.3) is 0 Å². The lowest BCUT2D eigenvalue weighted by atomic mass is 9.95. The number of aliphatic hydroxyl groups is 1. The second-order valence-corrected chi connectivity index (χ2v) is 6.76. The summed E-state index contributed by atoms with van der Waals surface area (Å²) in [5.74, 6) is 1.61. The Morgan fingerprint density at radius 1 is 1.10 bits per heavy atom. The molecule has 3 heteroatoms. The highest BCUT2D eigenvalue weighted by molar-refractivity contribution is 5.94. The molecule has 1 saturated heterocycles. The fourth-order valence-electron chi connectivity index (χ4n) is 3.66. The van der Waals surface area contributed by atoms with Gasteiger partial charge >= 0.3 is 0 Å². The third kappa shape index (κ3) is 3.29. The second-order valence-electron chi connectivity index (χ2n) is 6.76. The highest BCUT2D eigenvalue weighted by atomic mass is 16.3. The van der Waals surface area contributed by atoms with E-state index in [4.69, 9.17) is 0 Å². The number of amides is 1. The highest BCUT2D eigenvalue weighted by Crippen LogP contribution is 2.37. The third-order valence-electron chi connectivity index (χ3n) is 5.08. The number of likely N-dealkylation sites (tertiary alicyclic amines) is 1. The summed E-state index contributed by atoms with van der Waals surface area (Å²) in [6.07, 6.45) is 5.03. The number of hydrogen-bond donors (Lipinski definition) is 1. The average molecular weight is 287 g/mol. The summed E-state index contributed by atoms with van der Waals surface area (Å²) in [6, 6.07) is 8.22. The Labute approximate surface area is 127 Å².